The van der Waals surface area contributed by atoms with Crippen molar-refractivity contribution in [3.05, 3.63) is 68.5 Å². The highest BCUT2D eigenvalue weighted by atomic mass is 35.5. The van der Waals surface area contributed by atoms with Crippen LogP contribution in [0.2, 0.25) is 5.02 Å². The number of rotatable bonds is 5. The normalized spacial score (nSPS) is 11.3. The monoisotopic (exact) mass is 400 g/mol. The number of benzene rings is 1. The van der Waals surface area contributed by atoms with Crippen LogP contribution in [-0.2, 0) is 17.8 Å². The summed E-state index contributed by atoms with van der Waals surface area (Å²) in [6.07, 6.45) is 0.626. The number of carbonyl (C=O) groups is 1. The summed E-state index contributed by atoms with van der Waals surface area (Å²) >= 11 is 7.69. The molecule has 0 bridgehead atoms. The van der Waals surface area contributed by atoms with Crippen molar-refractivity contribution >= 4 is 44.6 Å². The summed E-state index contributed by atoms with van der Waals surface area (Å²) < 4.78 is 4.08. The van der Waals surface area contributed by atoms with E-state index in [4.69, 9.17) is 11.6 Å². The molecule has 0 saturated carbocycles. The van der Waals surface area contributed by atoms with E-state index in [0.29, 0.717) is 29.3 Å². The first-order valence-corrected chi connectivity index (χ1v) is 9.77. The molecule has 8 heteroatoms. The topological polar surface area (TPSA) is 68.4 Å². The SMILES string of the molecule is Cc1nn(CC(=O)NCCc2ccccc2Cl)c(=O)c2cc3sccc3n12. The average Bonchev–Trinajstić information content (AvgIpc) is 3.22. The van der Waals surface area contributed by atoms with E-state index in [1.807, 2.05) is 53.1 Å². The maximum absolute atomic E-state index is 12.7. The van der Waals surface area contributed by atoms with E-state index in [0.717, 1.165) is 15.8 Å². The maximum Gasteiger partial charge on any atom is 0.291 e. The highest BCUT2D eigenvalue weighted by Crippen LogP contribution is 2.24. The summed E-state index contributed by atoms with van der Waals surface area (Å²) in [4.78, 5) is 25.0. The molecule has 0 fully saturated rings. The van der Waals surface area contributed by atoms with Crippen LogP contribution in [-0.4, -0.2) is 26.6 Å². The van der Waals surface area contributed by atoms with Gasteiger partial charge in [-0.25, -0.2) is 4.68 Å². The zero-order valence-corrected chi connectivity index (χ0v) is 16.2. The quantitative estimate of drug-likeness (QED) is 0.560. The number of amides is 1. The number of nitrogens with zero attached hydrogens (tertiary/aromatic N) is 3. The molecule has 3 aromatic heterocycles. The van der Waals surface area contributed by atoms with Crippen molar-refractivity contribution in [1.82, 2.24) is 19.5 Å². The van der Waals surface area contributed by atoms with Crippen molar-refractivity contribution in [2.24, 2.45) is 0 Å². The van der Waals surface area contributed by atoms with Crippen molar-refractivity contribution in [1.29, 1.82) is 0 Å². The van der Waals surface area contributed by atoms with Crippen molar-refractivity contribution in [3.63, 3.8) is 0 Å². The van der Waals surface area contributed by atoms with Crippen LogP contribution in [0.5, 0.6) is 0 Å². The summed E-state index contributed by atoms with van der Waals surface area (Å²) in [6.45, 7) is 2.16. The Morgan fingerprint density at radius 1 is 1.26 bits per heavy atom. The molecule has 1 aromatic carbocycles. The summed E-state index contributed by atoms with van der Waals surface area (Å²) in [5, 5.41) is 9.79. The number of carbonyl (C=O) groups excluding carboxylic acids is 1. The van der Waals surface area contributed by atoms with Gasteiger partial charge in [0, 0.05) is 11.6 Å². The largest absolute Gasteiger partial charge is 0.354 e. The maximum atomic E-state index is 12.7. The zero-order chi connectivity index (χ0) is 19.0. The third kappa shape index (κ3) is 3.36. The van der Waals surface area contributed by atoms with Gasteiger partial charge in [0.05, 0.1) is 10.2 Å². The number of hydrogen-bond acceptors (Lipinski definition) is 4. The van der Waals surface area contributed by atoms with E-state index in [2.05, 4.69) is 10.4 Å². The highest BCUT2D eigenvalue weighted by Gasteiger charge is 2.14. The van der Waals surface area contributed by atoms with E-state index in [1.54, 1.807) is 11.3 Å². The highest BCUT2D eigenvalue weighted by molar-refractivity contribution is 7.17. The van der Waals surface area contributed by atoms with Gasteiger partial charge < -0.3 is 5.32 Å². The number of fused-ring (bicyclic) bond motifs is 3. The van der Waals surface area contributed by atoms with Gasteiger partial charge in [-0.3, -0.25) is 14.0 Å². The Labute approximate surface area is 164 Å². The van der Waals surface area contributed by atoms with Crippen LogP contribution >= 0.6 is 22.9 Å². The number of halogens is 1. The molecule has 0 saturated heterocycles. The van der Waals surface area contributed by atoms with E-state index in [9.17, 15) is 9.59 Å². The standard InChI is InChI=1S/C19H17ClN4O2S/c1-12-22-23(19(26)16-10-17-15(24(12)16)7-9-27-17)11-18(25)21-8-6-13-4-2-3-5-14(13)20/h2-5,7,9-10H,6,8,11H2,1H3,(H,21,25). The fraction of sp³-hybridized carbons (Fsp3) is 0.211. The van der Waals surface area contributed by atoms with Gasteiger partial charge in [0.15, 0.2) is 0 Å². The van der Waals surface area contributed by atoms with Crippen molar-refractivity contribution in [2.75, 3.05) is 6.54 Å². The third-order valence-electron chi connectivity index (χ3n) is 4.43. The minimum Gasteiger partial charge on any atom is -0.354 e. The van der Waals surface area contributed by atoms with Crippen molar-refractivity contribution in [3.8, 4) is 0 Å². The minimum absolute atomic E-state index is 0.114. The van der Waals surface area contributed by atoms with Crippen LogP contribution in [0.4, 0.5) is 0 Å². The molecular formula is C19H17ClN4O2S. The molecule has 4 rings (SSSR count). The molecule has 3 heterocycles. The number of aryl methyl sites for hydroxylation is 1. The number of nitrogens with one attached hydrogen (secondary N) is 1. The molecule has 0 spiro atoms. The zero-order valence-electron chi connectivity index (χ0n) is 14.6. The Balaban J connectivity index is 1.49. The molecule has 0 atom stereocenters. The Morgan fingerprint density at radius 2 is 2.07 bits per heavy atom. The Kier molecular flexibility index (Phi) is 4.72. The second-order valence-electron chi connectivity index (χ2n) is 6.24. The molecule has 1 amide bonds. The molecular weight excluding hydrogens is 384 g/mol. The first-order chi connectivity index (χ1) is 13.0. The average molecular weight is 401 g/mol. The first kappa shape index (κ1) is 17.8. The van der Waals surface area contributed by atoms with E-state index < -0.39 is 0 Å². The van der Waals surface area contributed by atoms with Crippen molar-refractivity contribution in [2.45, 2.75) is 19.9 Å². The molecule has 0 aliphatic heterocycles. The van der Waals surface area contributed by atoms with E-state index in [-0.39, 0.29) is 18.0 Å². The van der Waals surface area contributed by atoms with E-state index >= 15 is 0 Å². The summed E-state index contributed by atoms with van der Waals surface area (Å²) in [6, 6.07) is 11.3. The van der Waals surface area contributed by atoms with Gasteiger partial charge in [0.25, 0.3) is 5.56 Å². The van der Waals surface area contributed by atoms with Crippen LogP contribution in [0.3, 0.4) is 0 Å². The number of hydrogen-bond donors (Lipinski definition) is 1. The Morgan fingerprint density at radius 3 is 2.89 bits per heavy atom. The second-order valence-corrected chi connectivity index (χ2v) is 7.59. The van der Waals surface area contributed by atoms with Gasteiger partial charge in [0.2, 0.25) is 5.91 Å². The van der Waals surface area contributed by atoms with Crippen LogP contribution < -0.4 is 10.9 Å². The van der Waals surface area contributed by atoms with Crippen LogP contribution in [0.15, 0.2) is 46.6 Å². The number of aromatic nitrogens is 3. The lowest BCUT2D eigenvalue weighted by Gasteiger charge is -2.09. The smallest absolute Gasteiger partial charge is 0.291 e. The lowest BCUT2D eigenvalue weighted by atomic mass is 10.1. The summed E-state index contributed by atoms with van der Waals surface area (Å²) in [5.41, 5.74) is 2.20. The van der Waals surface area contributed by atoms with Gasteiger partial charge in [-0.1, -0.05) is 29.8 Å². The third-order valence-corrected chi connectivity index (χ3v) is 5.66. The molecule has 6 nitrogen and oxygen atoms in total. The van der Waals surface area contributed by atoms with Gasteiger partial charge in [-0.15, -0.1) is 11.3 Å². The van der Waals surface area contributed by atoms with Crippen LogP contribution in [0.1, 0.15) is 11.4 Å². The predicted octanol–water partition coefficient (Wildman–Crippen LogP) is 3.03. The second kappa shape index (κ2) is 7.17. The Hall–Kier alpha value is -2.64. The van der Waals surface area contributed by atoms with E-state index in [1.165, 1.54) is 4.68 Å². The van der Waals surface area contributed by atoms with Gasteiger partial charge in [-0.2, -0.15) is 5.10 Å². The van der Waals surface area contributed by atoms with Crippen LogP contribution in [0.25, 0.3) is 15.7 Å². The summed E-state index contributed by atoms with van der Waals surface area (Å²) in [5.74, 6) is 0.413. The fourth-order valence-electron chi connectivity index (χ4n) is 3.17. The lowest BCUT2D eigenvalue weighted by Crippen LogP contribution is -2.35. The molecule has 27 heavy (non-hydrogen) atoms. The molecule has 4 aromatic rings. The van der Waals surface area contributed by atoms with Crippen molar-refractivity contribution < 1.29 is 4.79 Å². The van der Waals surface area contributed by atoms with Gasteiger partial charge >= 0.3 is 0 Å². The molecule has 0 radical (unpaired) electrons. The molecule has 138 valence electrons. The summed E-state index contributed by atoms with van der Waals surface area (Å²) in [7, 11) is 0. The van der Waals surface area contributed by atoms with Gasteiger partial charge in [-0.05, 0) is 42.5 Å². The fourth-order valence-corrected chi connectivity index (χ4v) is 4.20. The molecule has 0 unspecified atom stereocenters. The molecule has 0 aliphatic carbocycles. The number of thiophene rings is 1. The van der Waals surface area contributed by atoms with Gasteiger partial charge in [0.1, 0.15) is 17.9 Å². The lowest BCUT2D eigenvalue weighted by molar-refractivity contribution is -0.121. The molecule has 0 aliphatic rings. The molecule has 1 N–H and O–H groups in total. The minimum atomic E-state index is -0.273. The predicted molar refractivity (Wildman–Crippen MR) is 108 cm³/mol. The van der Waals surface area contributed by atoms with Crippen LogP contribution in [0, 0.1) is 6.92 Å². The first-order valence-electron chi connectivity index (χ1n) is 8.51. The Bertz CT molecular complexity index is 1210.